The highest BCUT2D eigenvalue weighted by Gasteiger charge is 2.39. The summed E-state index contributed by atoms with van der Waals surface area (Å²) in [5.41, 5.74) is 6.97. The predicted octanol–water partition coefficient (Wildman–Crippen LogP) is 0.220. The lowest BCUT2D eigenvalue weighted by molar-refractivity contribution is -0.145. The van der Waals surface area contributed by atoms with Crippen molar-refractivity contribution in [1.82, 2.24) is 15.5 Å². The molecule has 0 saturated carbocycles. The molecule has 1 fully saturated rings. The van der Waals surface area contributed by atoms with Gasteiger partial charge in [-0.05, 0) is 49.7 Å². The molecule has 12 heteroatoms. The number of likely N-dealkylation sites (tertiary alicyclic amines) is 1. The molecule has 1 aromatic carbocycles. The van der Waals surface area contributed by atoms with Gasteiger partial charge < -0.3 is 31.5 Å². The second-order valence-corrected chi connectivity index (χ2v) is 9.65. The number of hydrogen-bond acceptors (Lipinski definition) is 7. The third kappa shape index (κ3) is 8.83. The van der Waals surface area contributed by atoms with Crippen molar-refractivity contribution in [3.8, 4) is 0 Å². The van der Waals surface area contributed by atoms with E-state index in [1.54, 1.807) is 0 Å². The first kappa shape index (κ1) is 29.1. The van der Waals surface area contributed by atoms with Gasteiger partial charge in [0.2, 0.25) is 17.7 Å². The van der Waals surface area contributed by atoms with Gasteiger partial charge in [-0.1, -0.05) is 30.3 Å². The van der Waals surface area contributed by atoms with Crippen LogP contribution in [0.5, 0.6) is 0 Å². The minimum atomic E-state index is -1.38. The summed E-state index contributed by atoms with van der Waals surface area (Å²) in [5, 5.41) is 23.3. The van der Waals surface area contributed by atoms with Crippen molar-refractivity contribution >= 4 is 41.4 Å². The van der Waals surface area contributed by atoms with Crippen LogP contribution in [0.1, 0.15) is 37.7 Å². The highest BCUT2D eigenvalue weighted by atomic mass is 32.2. The Morgan fingerprint density at radius 3 is 2.39 bits per heavy atom. The fraction of sp³-hybridized carbons (Fsp3) is 0.542. The lowest BCUT2D eigenvalue weighted by Crippen LogP contribution is -2.57. The van der Waals surface area contributed by atoms with E-state index in [1.807, 2.05) is 36.6 Å². The largest absolute Gasteiger partial charge is 0.481 e. The van der Waals surface area contributed by atoms with Gasteiger partial charge in [-0.15, -0.1) is 0 Å². The van der Waals surface area contributed by atoms with Gasteiger partial charge in [-0.25, -0.2) is 4.79 Å². The molecule has 36 heavy (non-hydrogen) atoms. The first-order valence-electron chi connectivity index (χ1n) is 11.8. The number of amides is 3. The van der Waals surface area contributed by atoms with Crippen LogP contribution in [0.4, 0.5) is 0 Å². The van der Waals surface area contributed by atoms with Gasteiger partial charge in [0.15, 0.2) is 0 Å². The van der Waals surface area contributed by atoms with E-state index in [1.165, 1.54) is 16.7 Å². The smallest absolute Gasteiger partial charge is 0.326 e. The first-order chi connectivity index (χ1) is 17.1. The van der Waals surface area contributed by atoms with Gasteiger partial charge in [0.25, 0.3) is 0 Å². The van der Waals surface area contributed by atoms with Gasteiger partial charge in [0, 0.05) is 13.0 Å². The summed E-state index contributed by atoms with van der Waals surface area (Å²) < 4.78 is 0. The number of carboxylic acid groups (broad SMARTS) is 2. The van der Waals surface area contributed by atoms with E-state index in [0.29, 0.717) is 31.4 Å². The van der Waals surface area contributed by atoms with Crippen LogP contribution in [-0.2, 0) is 30.4 Å². The lowest BCUT2D eigenvalue weighted by Gasteiger charge is -2.30. The number of benzene rings is 1. The number of carbonyl (C=O) groups excluding carboxylic acids is 3. The van der Waals surface area contributed by atoms with Gasteiger partial charge in [0.05, 0.1) is 6.04 Å². The number of thioether (sulfide) groups is 1. The maximum Gasteiger partial charge on any atom is 0.326 e. The zero-order valence-corrected chi connectivity index (χ0v) is 21.0. The molecule has 6 N–H and O–H groups in total. The fourth-order valence-corrected chi connectivity index (χ4v) is 4.50. The summed E-state index contributed by atoms with van der Waals surface area (Å²) >= 11 is 1.51. The number of carbonyl (C=O) groups is 5. The Labute approximate surface area is 214 Å². The molecule has 4 atom stereocenters. The number of aliphatic carboxylic acids is 2. The molecule has 2 rings (SSSR count). The van der Waals surface area contributed by atoms with Crippen molar-refractivity contribution in [2.24, 2.45) is 5.73 Å². The van der Waals surface area contributed by atoms with Crippen molar-refractivity contribution < 1.29 is 34.2 Å². The minimum absolute atomic E-state index is 0.275. The zero-order chi connectivity index (χ0) is 26.7. The van der Waals surface area contributed by atoms with Crippen LogP contribution >= 0.6 is 11.8 Å². The zero-order valence-electron chi connectivity index (χ0n) is 20.2. The van der Waals surface area contributed by atoms with Crippen molar-refractivity contribution in [2.75, 3.05) is 18.6 Å². The standard InChI is InChI=1S/C24H34N4O7S/c1-36-13-11-17(26-21(31)16(25)14-15-6-3-2-4-7-15)23(33)28-12-5-8-19(28)22(32)27-18(24(34)35)9-10-20(29)30/h2-4,6-7,16-19H,5,8-14,25H2,1H3,(H,26,31)(H,27,32)(H,29,30)(H,34,35). The van der Waals surface area contributed by atoms with Crippen LogP contribution in [0.15, 0.2) is 30.3 Å². The molecule has 1 heterocycles. The van der Waals surface area contributed by atoms with Crippen LogP contribution in [-0.4, -0.2) is 87.5 Å². The Bertz CT molecular complexity index is 930. The normalized spacial score (nSPS) is 17.6. The van der Waals surface area contributed by atoms with Crippen molar-refractivity contribution in [1.29, 1.82) is 0 Å². The fourth-order valence-electron chi connectivity index (χ4n) is 4.03. The summed E-state index contributed by atoms with van der Waals surface area (Å²) in [6, 6.07) is 5.24. The Balaban J connectivity index is 2.07. The Morgan fingerprint density at radius 2 is 1.78 bits per heavy atom. The number of nitrogens with two attached hydrogens (primary N) is 1. The van der Waals surface area contributed by atoms with E-state index >= 15 is 0 Å². The molecule has 1 aliphatic heterocycles. The SMILES string of the molecule is CSCCC(NC(=O)C(N)Cc1ccccc1)C(=O)N1CCCC1C(=O)NC(CCC(=O)O)C(=O)O. The molecule has 11 nitrogen and oxygen atoms in total. The summed E-state index contributed by atoms with van der Waals surface area (Å²) in [6.07, 6.45) is 2.69. The lowest BCUT2D eigenvalue weighted by atomic mass is 10.0. The van der Waals surface area contributed by atoms with E-state index in [2.05, 4.69) is 10.6 Å². The first-order valence-corrected chi connectivity index (χ1v) is 13.2. The second-order valence-electron chi connectivity index (χ2n) is 8.66. The van der Waals surface area contributed by atoms with E-state index in [0.717, 1.165) is 5.56 Å². The van der Waals surface area contributed by atoms with Gasteiger partial charge in [-0.3, -0.25) is 19.2 Å². The molecule has 0 radical (unpaired) electrons. The number of nitrogens with zero attached hydrogens (tertiary/aromatic N) is 1. The topological polar surface area (TPSA) is 179 Å². The summed E-state index contributed by atoms with van der Waals surface area (Å²) in [5.74, 6) is -3.50. The molecule has 0 bridgehead atoms. The average Bonchev–Trinajstić information content (AvgIpc) is 3.34. The molecule has 4 unspecified atom stereocenters. The second kappa shape index (κ2) is 14.4. The van der Waals surface area contributed by atoms with Crippen LogP contribution in [0.3, 0.4) is 0 Å². The molecule has 0 aliphatic carbocycles. The molecular weight excluding hydrogens is 488 g/mol. The van der Waals surface area contributed by atoms with Gasteiger partial charge in [-0.2, -0.15) is 11.8 Å². The predicted molar refractivity (Wildman–Crippen MR) is 134 cm³/mol. The van der Waals surface area contributed by atoms with Crippen molar-refractivity contribution in [3.63, 3.8) is 0 Å². The number of rotatable bonds is 14. The minimum Gasteiger partial charge on any atom is -0.481 e. The summed E-state index contributed by atoms with van der Waals surface area (Å²) in [6.45, 7) is 0.283. The molecule has 1 saturated heterocycles. The third-order valence-electron chi connectivity index (χ3n) is 5.96. The van der Waals surface area contributed by atoms with Crippen LogP contribution in [0.2, 0.25) is 0 Å². The maximum absolute atomic E-state index is 13.4. The van der Waals surface area contributed by atoms with E-state index in [9.17, 15) is 29.1 Å². The van der Waals surface area contributed by atoms with Crippen LogP contribution in [0.25, 0.3) is 0 Å². The number of nitrogens with one attached hydrogen (secondary N) is 2. The number of hydrogen-bond donors (Lipinski definition) is 5. The highest BCUT2D eigenvalue weighted by Crippen LogP contribution is 2.20. The molecule has 198 valence electrons. The molecule has 0 aromatic heterocycles. The highest BCUT2D eigenvalue weighted by molar-refractivity contribution is 7.98. The van der Waals surface area contributed by atoms with E-state index < -0.39 is 60.2 Å². The molecular formula is C24H34N4O7S. The summed E-state index contributed by atoms with van der Waals surface area (Å²) in [7, 11) is 0. The molecule has 1 aromatic rings. The van der Waals surface area contributed by atoms with Crippen molar-refractivity contribution in [2.45, 2.75) is 62.7 Å². The van der Waals surface area contributed by atoms with E-state index in [4.69, 9.17) is 10.8 Å². The maximum atomic E-state index is 13.4. The average molecular weight is 523 g/mol. The van der Waals surface area contributed by atoms with Crippen LogP contribution in [0, 0.1) is 0 Å². The third-order valence-corrected chi connectivity index (χ3v) is 6.60. The van der Waals surface area contributed by atoms with E-state index in [-0.39, 0.29) is 13.0 Å². The Morgan fingerprint density at radius 1 is 1.08 bits per heavy atom. The quantitative estimate of drug-likeness (QED) is 0.228. The van der Waals surface area contributed by atoms with Crippen molar-refractivity contribution in [3.05, 3.63) is 35.9 Å². The Hall–Kier alpha value is -3.12. The Kier molecular flexibility index (Phi) is 11.7. The van der Waals surface area contributed by atoms with Gasteiger partial charge >= 0.3 is 11.9 Å². The monoisotopic (exact) mass is 522 g/mol. The molecule has 3 amide bonds. The molecule has 0 spiro atoms. The number of carboxylic acids is 2. The summed E-state index contributed by atoms with van der Waals surface area (Å²) in [4.78, 5) is 62.7. The van der Waals surface area contributed by atoms with Gasteiger partial charge in [0.1, 0.15) is 18.1 Å². The van der Waals surface area contributed by atoms with Crippen LogP contribution < -0.4 is 16.4 Å². The molecule has 1 aliphatic rings.